The summed E-state index contributed by atoms with van der Waals surface area (Å²) >= 11 is 3.11. The molecule has 0 aliphatic rings. The number of halogens is 3. The van der Waals surface area contributed by atoms with Gasteiger partial charge in [-0.2, -0.15) is 0 Å². The summed E-state index contributed by atoms with van der Waals surface area (Å²) in [6.45, 7) is 1.73. The predicted octanol–water partition coefficient (Wildman–Crippen LogP) is 4.20. The maximum atomic E-state index is 13.6. The van der Waals surface area contributed by atoms with Crippen molar-refractivity contribution in [2.75, 3.05) is 18.7 Å². The smallest absolute Gasteiger partial charge is 0.224 e. The van der Waals surface area contributed by atoms with Gasteiger partial charge >= 0.3 is 0 Å². The third kappa shape index (κ3) is 7.22. The minimum absolute atomic E-state index is 0.0328. The molecule has 4 rings (SSSR count). The SMILES string of the molecule is Cc1cc(C/C(=N\O)c2nonc2COCCONc2nonc2/C(Cc2ccc(F)c(Br)c2)=N/O)ccc1F. The second-order valence-corrected chi connectivity index (χ2v) is 9.16. The Hall–Kier alpha value is -4.28. The first kappa shape index (κ1) is 28.7. The number of aromatic nitrogens is 4. The van der Waals surface area contributed by atoms with Crippen molar-refractivity contribution in [3.63, 3.8) is 0 Å². The fourth-order valence-corrected chi connectivity index (χ4v) is 3.97. The molecule has 0 atom stereocenters. The third-order valence-electron chi connectivity index (χ3n) is 5.52. The first-order valence-electron chi connectivity index (χ1n) is 11.6. The van der Waals surface area contributed by atoms with E-state index in [1.165, 1.54) is 18.2 Å². The van der Waals surface area contributed by atoms with E-state index in [0.717, 1.165) is 0 Å². The quantitative estimate of drug-likeness (QED) is 0.0844. The van der Waals surface area contributed by atoms with Gasteiger partial charge in [-0.1, -0.05) is 33.7 Å². The lowest BCUT2D eigenvalue weighted by Crippen LogP contribution is -2.14. The van der Waals surface area contributed by atoms with Gasteiger partial charge in [0.25, 0.3) is 0 Å². The van der Waals surface area contributed by atoms with Crippen LogP contribution < -0.4 is 5.48 Å². The normalized spacial score (nSPS) is 12.2. The van der Waals surface area contributed by atoms with Gasteiger partial charge in [0.1, 0.15) is 28.8 Å². The molecular weight excluding hydrogens is 600 g/mol. The lowest BCUT2D eigenvalue weighted by molar-refractivity contribution is 0.0572. The highest BCUT2D eigenvalue weighted by Gasteiger charge is 2.20. The van der Waals surface area contributed by atoms with Crippen LogP contribution in [0.5, 0.6) is 0 Å². The predicted molar refractivity (Wildman–Crippen MR) is 137 cm³/mol. The van der Waals surface area contributed by atoms with Crippen LogP contribution in [0.2, 0.25) is 0 Å². The number of oxime groups is 2. The topological polar surface area (TPSA) is 174 Å². The Balaban J connectivity index is 1.26. The van der Waals surface area contributed by atoms with Crippen LogP contribution in [-0.2, 0) is 29.0 Å². The number of ether oxygens (including phenoxy) is 1. The molecule has 210 valence electrons. The first-order valence-corrected chi connectivity index (χ1v) is 12.4. The van der Waals surface area contributed by atoms with Crippen LogP contribution in [0.1, 0.15) is 33.8 Å². The number of nitrogens with one attached hydrogen (secondary N) is 1. The summed E-state index contributed by atoms with van der Waals surface area (Å²) in [4.78, 5) is 5.33. The van der Waals surface area contributed by atoms with E-state index >= 15 is 0 Å². The fourth-order valence-electron chi connectivity index (χ4n) is 3.54. The second-order valence-electron chi connectivity index (χ2n) is 8.30. The Kier molecular flexibility index (Phi) is 9.82. The van der Waals surface area contributed by atoms with Crippen molar-refractivity contribution in [3.05, 3.63) is 86.3 Å². The number of benzene rings is 2. The lowest BCUT2D eigenvalue weighted by atomic mass is 10.0. The van der Waals surface area contributed by atoms with Crippen molar-refractivity contribution in [2.45, 2.75) is 26.4 Å². The minimum Gasteiger partial charge on any atom is -0.411 e. The van der Waals surface area contributed by atoms with E-state index in [1.54, 1.807) is 25.1 Å². The second kappa shape index (κ2) is 13.7. The number of nitrogens with zero attached hydrogens (tertiary/aromatic N) is 6. The van der Waals surface area contributed by atoms with Crippen LogP contribution in [0, 0.1) is 18.6 Å². The molecule has 0 spiro atoms. The number of anilines is 1. The average molecular weight is 622 g/mol. The first-order chi connectivity index (χ1) is 19.4. The molecule has 4 aromatic rings. The van der Waals surface area contributed by atoms with E-state index in [4.69, 9.17) is 18.8 Å². The minimum atomic E-state index is -0.426. The number of rotatable bonds is 13. The van der Waals surface area contributed by atoms with Gasteiger partial charge in [0.2, 0.25) is 5.82 Å². The molecule has 0 aliphatic carbocycles. The van der Waals surface area contributed by atoms with Crippen LogP contribution in [0.4, 0.5) is 14.6 Å². The molecule has 3 N–H and O–H groups in total. The van der Waals surface area contributed by atoms with Crippen LogP contribution in [0.3, 0.4) is 0 Å². The standard InChI is InChI=1S/C24H22BrF2N7O6/c1-13-8-14(2-4-17(13)26)10-19(28-35)22-21(30-39-31-22)12-37-6-7-38-33-24-23(32-40-34-24)20(29-36)11-15-3-5-18(27)16(25)9-15/h2-5,8-9,35-36H,6-7,10-12H2,1H3,(H,33,34)/b28-19+,29-20+. The molecule has 2 heterocycles. The zero-order chi connectivity index (χ0) is 28.5. The van der Waals surface area contributed by atoms with E-state index < -0.39 is 5.82 Å². The van der Waals surface area contributed by atoms with Gasteiger partial charge in [-0.25, -0.2) is 23.5 Å². The molecule has 0 amide bonds. The lowest BCUT2D eigenvalue weighted by Gasteiger charge is -2.07. The van der Waals surface area contributed by atoms with Crippen molar-refractivity contribution in [1.82, 2.24) is 20.6 Å². The maximum absolute atomic E-state index is 13.6. The van der Waals surface area contributed by atoms with Crippen LogP contribution in [0.15, 0.2) is 60.4 Å². The number of hydrogen-bond acceptors (Lipinski definition) is 13. The summed E-state index contributed by atoms with van der Waals surface area (Å²) in [5.74, 6) is -0.710. The molecule has 2 aromatic heterocycles. The molecule has 13 nitrogen and oxygen atoms in total. The average Bonchev–Trinajstić information content (AvgIpc) is 3.61. The molecule has 0 fully saturated rings. The summed E-state index contributed by atoms with van der Waals surface area (Å²) in [5, 5.41) is 40.5. The Morgan fingerprint density at radius 2 is 1.55 bits per heavy atom. The number of hydrogen-bond donors (Lipinski definition) is 3. The van der Waals surface area contributed by atoms with Gasteiger partial charge in [0.05, 0.1) is 24.3 Å². The van der Waals surface area contributed by atoms with Crippen molar-refractivity contribution in [1.29, 1.82) is 0 Å². The molecule has 0 aliphatic heterocycles. The fraction of sp³-hybridized carbons (Fsp3) is 0.250. The van der Waals surface area contributed by atoms with Crippen molar-refractivity contribution in [2.24, 2.45) is 10.3 Å². The highest BCUT2D eigenvalue weighted by Crippen LogP contribution is 2.20. The summed E-state index contributed by atoms with van der Waals surface area (Å²) in [6.07, 6.45) is 0.271. The zero-order valence-corrected chi connectivity index (χ0v) is 22.4. The Morgan fingerprint density at radius 1 is 0.900 bits per heavy atom. The summed E-state index contributed by atoms with van der Waals surface area (Å²) < 4.78 is 42.4. The molecule has 40 heavy (non-hydrogen) atoms. The van der Waals surface area contributed by atoms with Gasteiger partial charge in [0, 0.05) is 12.8 Å². The van der Waals surface area contributed by atoms with Crippen LogP contribution in [0.25, 0.3) is 0 Å². The van der Waals surface area contributed by atoms with Crippen LogP contribution in [-0.4, -0.2) is 55.7 Å². The van der Waals surface area contributed by atoms with E-state index in [1.807, 2.05) is 0 Å². The summed E-state index contributed by atoms with van der Waals surface area (Å²) in [7, 11) is 0. The van der Waals surface area contributed by atoms with Crippen molar-refractivity contribution in [3.8, 4) is 0 Å². The van der Waals surface area contributed by atoms with E-state index in [2.05, 4.69) is 52.3 Å². The monoisotopic (exact) mass is 621 g/mol. The molecule has 0 radical (unpaired) electrons. The van der Waals surface area contributed by atoms with E-state index in [0.29, 0.717) is 22.4 Å². The Bertz CT molecular complexity index is 1400. The van der Waals surface area contributed by atoms with Gasteiger partial charge in [-0.3, -0.25) is 4.84 Å². The van der Waals surface area contributed by atoms with Crippen molar-refractivity contribution < 1.29 is 38.0 Å². The van der Waals surface area contributed by atoms with Gasteiger partial charge in [0.15, 0.2) is 11.4 Å². The third-order valence-corrected chi connectivity index (χ3v) is 6.13. The van der Waals surface area contributed by atoms with E-state index in [-0.39, 0.29) is 71.6 Å². The Morgan fingerprint density at radius 3 is 2.25 bits per heavy atom. The molecular formula is C24H22BrF2N7O6. The maximum Gasteiger partial charge on any atom is 0.224 e. The Labute approximate surface area is 233 Å². The van der Waals surface area contributed by atoms with Crippen molar-refractivity contribution >= 4 is 33.2 Å². The molecule has 0 saturated carbocycles. The van der Waals surface area contributed by atoms with Gasteiger partial charge in [-0.15, -0.1) is 0 Å². The van der Waals surface area contributed by atoms with E-state index in [9.17, 15) is 19.2 Å². The zero-order valence-electron chi connectivity index (χ0n) is 20.8. The molecule has 0 unspecified atom stereocenters. The highest BCUT2D eigenvalue weighted by atomic mass is 79.9. The highest BCUT2D eigenvalue weighted by molar-refractivity contribution is 9.10. The van der Waals surface area contributed by atoms with Gasteiger partial charge < -0.3 is 15.2 Å². The molecule has 16 heteroatoms. The number of aryl methyl sites for hydroxylation is 1. The summed E-state index contributed by atoms with van der Waals surface area (Å²) in [5.41, 5.74) is 5.22. The largest absolute Gasteiger partial charge is 0.411 e. The summed E-state index contributed by atoms with van der Waals surface area (Å²) in [6, 6.07) is 8.91. The molecule has 2 aromatic carbocycles. The van der Waals surface area contributed by atoms with Crippen LogP contribution >= 0.6 is 15.9 Å². The molecule has 0 bridgehead atoms. The molecule has 0 saturated heterocycles. The van der Waals surface area contributed by atoms with Gasteiger partial charge in [-0.05, 0) is 73.2 Å².